The lowest BCUT2D eigenvalue weighted by molar-refractivity contribution is -0.119. The van der Waals surface area contributed by atoms with E-state index in [1.165, 1.54) is 23.0 Å². The van der Waals surface area contributed by atoms with Gasteiger partial charge in [0.25, 0.3) is 0 Å². The maximum absolute atomic E-state index is 12.2. The highest BCUT2D eigenvalue weighted by atomic mass is 16.6. The third-order valence-electron chi connectivity index (χ3n) is 5.17. The second-order valence-corrected chi connectivity index (χ2v) is 7.61. The summed E-state index contributed by atoms with van der Waals surface area (Å²) in [5.74, 6) is -0.152. The van der Waals surface area contributed by atoms with Crippen molar-refractivity contribution >= 4 is 17.7 Å². The summed E-state index contributed by atoms with van der Waals surface area (Å²) >= 11 is 0. The van der Waals surface area contributed by atoms with E-state index in [4.69, 9.17) is 4.74 Å². The minimum atomic E-state index is -0.432. The van der Waals surface area contributed by atoms with Gasteiger partial charge in [0.1, 0.15) is 6.10 Å². The average molecular weight is 431 g/mol. The molecule has 32 heavy (non-hydrogen) atoms. The second kappa shape index (κ2) is 10.0. The summed E-state index contributed by atoms with van der Waals surface area (Å²) in [6, 6.07) is 16.0. The van der Waals surface area contributed by atoms with E-state index in [1.807, 2.05) is 36.4 Å². The molecular weight excluding hydrogens is 406 g/mol. The topological polar surface area (TPSA) is 96.5 Å². The summed E-state index contributed by atoms with van der Waals surface area (Å²) < 4.78 is 5.30. The van der Waals surface area contributed by atoms with E-state index in [0.29, 0.717) is 18.8 Å². The number of nitrogens with one attached hydrogen (secondary N) is 2. The maximum Gasteiger partial charge on any atom is 0.414 e. The number of rotatable bonds is 8. The number of nitrogens with zero attached hydrogens (tertiary/aromatic N) is 3. The number of pyridine rings is 2. The molecular formula is C24H25N5O3. The summed E-state index contributed by atoms with van der Waals surface area (Å²) in [5, 5.41) is 6.09. The summed E-state index contributed by atoms with van der Waals surface area (Å²) in [5.41, 5.74) is 4.88. The van der Waals surface area contributed by atoms with Gasteiger partial charge in [-0.15, -0.1) is 0 Å². The van der Waals surface area contributed by atoms with Crippen molar-refractivity contribution < 1.29 is 14.3 Å². The van der Waals surface area contributed by atoms with E-state index < -0.39 is 6.09 Å². The van der Waals surface area contributed by atoms with Crippen LogP contribution in [-0.2, 0) is 22.6 Å². The molecule has 1 fully saturated rings. The van der Waals surface area contributed by atoms with Crippen molar-refractivity contribution in [1.29, 1.82) is 0 Å². The summed E-state index contributed by atoms with van der Waals surface area (Å²) in [4.78, 5) is 33.3. The van der Waals surface area contributed by atoms with Crippen LogP contribution in [0, 0.1) is 0 Å². The average Bonchev–Trinajstić information content (AvgIpc) is 3.19. The highest BCUT2D eigenvalue weighted by Crippen LogP contribution is 2.24. The van der Waals surface area contributed by atoms with Crippen molar-refractivity contribution in [2.45, 2.75) is 26.1 Å². The first kappa shape index (κ1) is 21.5. The zero-order valence-corrected chi connectivity index (χ0v) is 17.8. The van der Waals surface area contributed by atoms with Gasteiger partial charge in [0.05, 0.1) is 30.7 Å². The summed E-state index contributed by atoms with van der Waals surface area (Å²) in [7, 11) is 0. The fourth-order valence-electron chi connectivity index (χ4n) is 3.46. The Morgan fingerprint density at radius 2 is 1.78 bits per heavy atom. The van der Waals surface area contributed by atoms with Gasteiger partial charge in [0.2, 0.25) is 5.91 Å². The van der Waals surface area contributed by atoms with Crippen LogP contribution in [0.2, 0.25) is 0 Å². The summed E-state index contributed by atoms with van der Waals surface area (Å²) in [6.45, 7) is 3.67. The Bertz CT molecular complexity index is 1060. The molecule has 4 rings (SSSR count). The molecule has 3 heterocycles. The van der Waals surface area contributed by atoms with Crippen LogP contribution in [0.1, 0.15) is 18.1 Å². The van der Waals surface area contributed by atoms with E-state index in [1.54, 1.807) is 18.6 Å². The Morgan fingerprint density at radius 1 is 1.06 bits per heavy atom. The Hall–Kier alpha value is -3.78. The molecule has 1 unspecified atom stereocenters. The molecule has 1 aliphatic heterocycles. The molecule has 1 saturated heterocycles. The molecule has 8 heteroatoms. The minimum Gasteiger partial charge on any atom is -0.442 e. The number of carbonyl (C=O) groups excluding carboxylic acids is 2. The van der Waals surface area contributed by atoms with Crippen LogP contribution in [0.15, 0.2) is 67.1 Å². The van der Waals surface area contributed by atoms with E-state index >= 15 is 0 Å². The van der Waals surface area contributed by atoms with Crippen molar-refractivity contribution in [3.63, 3.8) is 0 Å². The Labute approximate surface area is 186 Å². The molecule has 2 N–H and O–H groups in total. The number of hydrogen-bond donors (Lipinski definition) is 2. The molecule has 0 radical (unpaired) electrons. The molecule has 1 aliphatic rings. The quantitative estimate of drug-likeness (QED) is 0.569. The molecule has 1 aromatic carbocycles. The van der Waals surface area contributed by atoms with Crippen molar-refractivity contribution in [3.8, 4) is 11.3 Å². The van der Waals surface area contributed by atoms with E-state index in [0.717, 1.165) is 24.3 Å². The van der Waals surface area contributed by atoms with Gasteiger partial charge in [-0.05, 0) is 35.4 Å². The van der Waals surface area contributed by atoms with Crippen LogP contribution >= 0.6 is 0 Å². The maximum atomic E-state index is 12.2. The number of ether oxygens (including phenoxy) is 1. The number of hydrogen-bond acceptors (Lipinski definition) is 6. The Morgan fingerprint density at radius 3 is 2.44 bits per heavy atom. The standard InChI is InChI=1S/C24H25N5O3/c1-17(30)27-15-22-16-29(24(31)32-22)21-6-7-23(28-14-21)20-4-2-18(3-5-20)12-26-13-19-8-10-25-11-9-19/h2-11,14,22,26H,12-13,15-16H2,1H3,(H,27,30). The molecule has 3 aromatic rings. The molecule has 2 amide bonds. The third kappa shape index (κ3) is 5.47. The first-order valence-electron chi connectivity index (χ1n) is 10.5. The van der Waals surface area contributed by atoms with E-state index in [-0.39, 0.29) is 12.0 Å². The SMILES string of the molecule is CC(=O)NCC1CN(c2ccc(-c3ccc(CNCc4ccncc4)cc3)nc2)C(=O)O1. The second-order valence-electron chi connectivity index (χ2n) is 7.61. The highest BCUT2D eigenvalue weighted by Gasteiger charge is 2.32. The lowest BCUT2D eigenvalue weighted by atomic mass is 10.1. The first-order chi connectivity index (χ1) is 15.6. The van der Waals surface area contributed by atoms with Crippen molar-refractivity contribution in [1.82, 2.24) is 20.6 Å². The minimum absolute atomic E-state index is 0.152. The molecule has 0 bridgehead atoms. The molecule has 0 aliphatic carbocycles. The molecule has 1 atom stereocenters. The molecule has 8 nitrogen and oxygen atoms in total. The number of carbonyl (C=O) groups is 2. The van der Waals surface area contributed by atoms with Crippen molar-refractivity contribution in [2.24, 2.45) is 0 Å². The molecule has 0 spiro atoms. The molecule has 2 aromatic heterocycles. The van der Waals surface area contributed by atoms with Crippen LogP contribution in [-0.4, -0.2) is 41.2 Å². The van der Waals surface area contributed by atoms with Gasteiger partial charge in [-0.3, -0.25) is 19.7 Å². The normalized spacial score (nSPS) is 15.5. The predicted octanol–water partition coefficient (Wildman–Crippen LogP) is 2.89. The van der Waals surface area contributed by atoms with Crippen molar-refractivity contribution in [2.75, 3.05) is 18.0 Å². The fraction of sp³-hybridized carbons (Fsp3) is 0.250. The Balaban J connectivity index is 1.32. The summed E-state index contributed by atoms with van der Waals surface area (Å²) in [6.07, 6.45) is 4.45. The van der Waals surface area contributed by atoms with Crippen LogP contribution in [0.5, 0.6) is 0 Å². The third-order valence-corrected chi connectivity index (χ3v) is 5.17. The molecule has 164 valence electrons. The molecule has 0 saturated carbocycles. The predicted molar refractivity (Wildman–Crippen MR) is 121 cm³/mol. The smallest absolute Gasteiger partial charge is 0.414 e. The van der Waals surface area contributed by atoms with Gasteiger partial charge in [-0.2, -0.15) is 0 Å². The zero-order valence-electron chi connectivity index (χ0n) is 17.8. The van der Waals surface area contributed by atoms with Gasteiger partial charge in [-0.25, -0.2) is 4.79 Å². The van der Waals surface area contributed by atoms with Gasteiger partial charge < -0.3 is 15.4 Å². The lowest BCUT2D eigenvalue weighted by Crippen LogP contribution is -2.33. The number of anilines is 1. The van der Waals surface area contributed by atoms with Crippen molar-refractivity contribution in [3.05, 3.63) is 78.2 Å². The van der Waals surface area contributed by atoms with E-state index in [2.05, 4.69) is 32.7 Å². The number of cyclic esters (lactones) is 1. The van der Waals surface area contributed by atoms with E-state index in [9.17, 15) is 9.59 Å². The number of benzene rings is 1. The van der Waals surface area contributed by atoms with Gasteiger partial charge in [0.15, 0.2) is 0 Å². The van der Waals surface area contributed by atoms with Gasteiger partial charge >= 0.3 is 6.09 Å². The monoisotopic (exact) mass is 431 g/mol. The fourth-order valence-corrected chi connectivity index (χ4v) is 3.46. The zero-order chi connectivity index (χ0) is 22.3. The van der Waals surface area contributed by atoms with Crippen LogP contribution in [0.4, 0.5) is 10.5 Å². The van der Waals surface area contributed by atoms with Crippen LogP contribution < -0.4 is 15.5 Å². The number of aromatic nitrogens is 2. The lowest BCUT2D eigenvalue weighted by Gasteiger charge is -2.13. The largest absolute Gasteiger partial charge is 0.442 e. The van der Waals surface area contributed by atoms with Gasteiger partial charge in [-0.1, -0.05) is 24.3 Å². The van der Waals surface area contributed by atoms with Gasteiger partial charge in [0, 0.05) is 38.0 Å². The highest BCUT2D eigenvalue weighted by molar-refractivity contribution is 5.89. The number of amides is 2. The van der Waals surface area contributed by atoms with Crippen LogP contribution in [0.25, 0.3) is 11.3 Å². The first-order valence-corrected chi connectivity index (χ1v) is 10.5. The van der Waals surface area contributed by atoms with Crippen LogP contribution in [0.3, 0.4) is 0 Å². The Kier molecular flexibility index (Phi) is 6.72.